The predicted molar refractivity (Wildman–Crippen MR) is 86.3 cm³/mol. The molecule has 0 saturated heterocycles. The number of carbonyl (C=O) groups is 1. The van der Waals surface area contributed by atoms with E-state index >= 15 is 0 Å². The molecule has 0 bridgehead atoms. The van der Waals surface area contributed by atoms with E-state index in [1.807, 2.05) is 25.6 Å². The standard InChI is InChI=1S/C16H24N6O/c1-11-18-12(2)22(19-11)10-6-9-17-16(23)15-13-7-4-5-8-14(13)20-21(15)3/h4-10H2,1-3H3,(H,17,23). The lowest BCUT2D eigenvalue weighted by Gasteiger charge is -2.11. The molecule has 0 spiro atoms. The molecule has 0 saturated carbocycles. The molecule has 1 amide bonds. The number of nitrogens with zero attached hydrogens (tertiary/aromatic N) is 5. The number of carbonyl (C=O) groups excluding carboxylic acids is 1. The zero-order valence-corrected chi connectivity index (χ0v) is 14.1. The lowest BCUT2D eigenvalue weighted by Crippen LogP contribution is -2.28. The van der Waals surface area contributed by atoms with Gasteiger partial charge < -0.3 is 5.32 Å². The predicted octanol–water partition coefficient (Wildman–Crippen LogP) is 1.33. The summed E-state index contributed by atoms with van der Waals surface area (Å²) >= 11 is 0. The highest BCUT2D eigenvalue weighted by atomic mass is 16.2. The smallest absolute Gasteiger partial charge is 0.269 e. The van der Waals surface area contributed by atoms with Gasteiger partial charge in [-0.2, -0.15) is 10.2 Å². The van der Waals surface area contributed by atoms with Crippen LogP contribution >= 0.6 is 0 Å². The van der Waals surface area contributed by atoms with Crippen molar-refractivity contribution in [2.24, 2.45) is 7.05 Å². The summed E-state index contributed by atoms with van der Waals surface area (Å²) in [7, 11) is 1.86. The summed E-state index contributed by atoms with van der Waals surface area (Å²) in [6.45, 7) is 5.21. The van der Waals surface area contributed by atoms with Crippen LogP contribution in [0, 0.1) is 13.8 Å². The van der Waals surface area contributed by atoms with Crippen LogP contribution in [-0.4, -0.2) is 37.0 Å². The van der Waals surface area contributed by atoms with Gasteiger partial charge in [0, 0.05) is 25.7 Å². The fourth-order valence-corrected chi connectivity index (χ4v) is 3.25. The first-order valence-electron chi connectivity index (χ1n) is 8.27. The van der Waals surface area contributed by atoms with Crippen LogP contribution in [0.3, 0.4) is 0 Å². The Labute approximate surface area is 136 Å². The first-order valence-corrected chi connectivity index (χ1v) is 8.27. The second-order valence-electron chi connectivity index (χ2n) is 6.14. The number of fused-ring (bicyclic) bond motifs is 1. The number of amides is 1. The van der Waals surface area contributed by atoms with Gasteiger partial charge in [0.15, 0.2) is 0 Å². The van der Waals surface area contributed by atoms with Crippen LogP contribution in [0.5, 0.6) is 0 Å². The quantitative estimate of drug-likeness (QED) is 0.844. The van der Waals surface area contributed by atoms with Crippen molar-refractivity contribution >= 4 is 5.91 Å². The molecule has 23 heavy (non-hydrogen) atoms. The van der Waals surface area contributed by atoms with Gasteiger partial charge in [-0.25, -0.2) is 4.98 Å². The van der Waals surface area contributed by atoms with Crippen molar-refractivity contribution < 1.29 is 4.79 Å². The van der Waals surface area contributed by atoms with E-state index in [0.717, 1.165) is 60.8 Å². The molecule has 0 radical (unpaired) electrons. The molecule has 2 aromatic heterocycles. The largest absolute Gasteiger partial charge is 0.351 e. The van der Waals surface area contributed by atoms with Gasteiger partial charge in [0.25, 0.3) is 5.91 Å². The van der Waals surface area contributed by atoms with Crippen molar-refractivity contribution in [3.8, 4) is 0 Å². The molecular weight excluding hydrogens is 292 g/mol. The second kappa shape index (κ2) is 6.52. The molecule has 1 N–H and O–H groups in total. The maximum absolute atomic E-state index is 12.5. The number of aromatic nitrogens is 5. The molecule has 2 heterocycles. The van der Waals surface area contributed by atoms with E-state index < -0.39 is 0 Å². The highest BCUT2D eigenvalue weighted by Gasteiger charge is 2.23. The Bertz CT molecular complexity index is 714. The number of hydrogen-bond acceptors (Lipinski definition) is 4. The zero-order chi connectivity index (χ0) is 16.4. The summed E-state index contributed by atoms with van der Waals surface area (Å²) in [4.78, 5) is 16.8. The maximum Gasteiger partial charge on any atom is 0.269 e. The first kappa shape index (κ1) is 15.7. The molecule has 0 aromatic carbocycles. The van der Waals surface area contributed by atoms with Crippen LogP contribution in [0.1, 0.15) is 52.7 Å². The van der Waals surface area contributed by atoms with Gasteiger partial charge in [0.2, 0.25) is 0 Å². The summed E-state index contributed by atoms with van der Waals surface area (Å²) in [5.74, 6) is 1.68. The van der Waals surface area contributed by atoms with Crippen LogP contribution in [0.2, 0.25) is 0 Å². The Hall–Kier alpha value is -2.18. The van der Waals surface area contributed by atoms with Gasteiger partial charge in [0.05, 0.1) is 5.69 Å². The molecule has 3 rings (SSSR count). The summed E-state index contributed by atoms with van der Waals surface area (Å²) in [6, 6.07) is 0. The van der Waals surface area contributed by atoms with Crippen molar-refractivity contribution in [2.45, 2.75) is 52.5 Å². The average Bonchev–Trinajstić information content (AvgIpc) is 3.01. The van der Waals surface area contributed by atoms with E-state index in [2.05, 4.69) is 20.5 Å². The van der Waals surface area contributed by atoms with Gasteiger partial charge >= 0.3 is 0 Å². The fourth-order valence-electron chi connectivity index (χ4n) is 3.25. The molecule has 1 aliphatic rings. The molecule has 124 valence electrons. The number of nitrogens with one attached hydrogen (secondary N) is 1. The fraction of sp³-hybridized carbons (Fsp3) is 0.625. The van der Waals surface area contributed by atoms with Crippen molar-refractivity contribution in [3.05, 3.63) is 28.6 Å². The highest BCUT2D eigenvalue weighted by Crippen LogP contribution is 2.23. The van der Waals surface area contributed by atoms with E-state index in [9.17, 15) is 4.79 Å². The van der Waals surface area contributed by atoms with Crippen molar-refractivity contribution in [1.29, 1.82) is 0 Å². The van der Waals surface area contributed by atoms with Gasteiger partial charge in [-0.15, -0.1) is 0 Å². The molecule has 0 unspecified atom stereocenters. The average molecular weight is 316 g/mol. The van der Waals surface area contributed by atoms with Crippen LogP contribution in [0.4, 0.5) is 0 Å². The number of rotatable bonds is 5. The van der Waals surface area contributed by atoms with Crippen LogP contribution in [0.25, 0.3) is 0 Å². The van der Waals surface area contributed by atoms with E-state index in [4.69, 9.17) is 0 Å². The molecular formula is C16H24N6O. The lowest BCUT2D eigenvalue weighted by molar-refractivity contribution is 0.0942. The summed E-state index contributed by atoms with van der Waals surface area (Å²) in [5.41, 5.74) is 2.96. The molecule has 0 aliphatic heterocycles. The first-order chi connectivity index (χ1) is 11.1. The summed E-state index contributed by atoms with van der Waals surface area (Å²) in [5, 5.41) is 11.8. The molecule has 1 aliphatic carbocycles. The zero-order valence-electron chi connectivity index (χ0n) is 14.1. The third-order valence-electron chi connectivity index (χ3n) is 4.33. The third kappa shape index (κ3) is 3.28. The summed E-state index contributed by atoms with van der Waals surface area (Å²) in [6.07, 6.45) is 5.09. The second-order valence-corrected chi connectivity index (χ2v) is 6.14. The van der Waals surface area contributed by atoms with Crippen molar-refractivity contribution in [3.63, 3.8) is 0 Å². The van der Waals surface area contributed by atoms with E-state index in [1.165, 1.54) is 6.42 Å². The van der Waals surface area contributed by atoms with Gasteiger partial charge in [-0.05, 0) is 46.0 Å². The Balaban J connectivity index is 1.56. The Morgan fingerprint density at radius 2 is 2.00 bits per heavy atom. The maximum atomic E-state index is 12.5. The Morgan fingerprint density at radius 3 is 2.74 bits per heavy atom. The van der Waals surface area contributed by atoms with Gasteiger partial charge in [0.1, 0.15) is 17.3 Å². The molecule has 7 nitrogen and oxygen atoms in total. The molecule has 7 heteroatoms. The van der Waals surface area contributed by atoms with Gasteiger partial charge in [-0.3, -0.25) is 14.2 Å². The minimum absolute atomic E-state index is 0.0188. The van der Waals surface area contributed by atoms with E-state index in [-0.39, 0.29) is 5.91 Å². The Kier molecular flexibility index (Phi) is 4.45. The molecule has 0 atom stereocenters. The van der Waals surface area contributed by atoms with Gasteiger partial charge in [-0.1, -0.05) is 0 Å². The third-order valence-corrected chi connectivity index (χ3v) is 4.33. The molecule has 2 aromatic rings. The van der Waals surface area contributed by atoms with E-state index in [0.29, 0.717) is 6.54 Å². The minimum Gasteiger partial charge on any atom is -0.351 e. The van der Waals surface area contributed by atoms with Crippen LogP contribution in [0.15, 0.2) is 0 Å². The number of aryl methyl sites for hydroxylation is 5. The van der Waals surface area contributed by atoms with Crippen molar-refractivity contribution in [1.82, 2.24) is 29.9 Å². The van der Waals surface area contributed by atoms with E-state index in [1.54, 1.807) is 4.68 Å². The summed E-state index contributed by atoms with van der Waals surface area (Å²) < 4.78 is 3.61. The minimum atomic E-state index is -0.0188. The van der Waals surface area contributed by atoms with Crippen LogP contribution in [-0.2, 0) is 26.4 Å². The van der Waals surface area contributed by atoms with Crippen LogP contribution < -0.4 is 5.32 Å². The highest BCUT2D eigenvalue weighted by molar-refractivity contribution is 5.94. The normalized spacial score (nSPS) is 13.9. The topological polar surface area (TPSA) is 77.6 Å². The Morgan fingerprint density at radius 1 is 1.22 bits per heavy atom. The monoisotopic (exact) mass is 316 g/mol. The molecule has 0 fully saturated rings. The number of hydrogen-bond donors (Lipinski definition) is 1. The SMILES string of the molecule is Cc1nc(C)n(CCCNC(=O)c2c3c(nn2C)CCCC3)n1. The lowest BCUT2D eigenvalue weighted by atomic mass is 9.95. The van der Waals surface area contributed by atoms with Crippen molar-refractivity contribution in [2.75, 3.05) is 6.54 Å².